The van der Waals surface area contributed by atoms with Crippen LogP contribution in [0.25, 0.3) is 0 Å². The first-order valence-corrected chi connectivity index (χ1v) is 8.79. The number of nitrogens with zero attached hydrogens (tertiary/aromatic N) is 1. The summed E-state index contributed by atoms with van der Waals surface area (Å²) in [4.78, 5) is 2.46. The highest BCUT2D eigenvalue weighted by Gasteiger charge is 2.39. The van der Waals surface area contributed by atoms with Crippen LogP contribution < -0.4 is 16.0 Å². The number of nitrogens with two attached hydrogens (primary N) is 1. The molecule has 0 amide bonds. The van der Waals surface area contributed by atoms with Crippen LogP contribution in [-0.4, -0.2) is 6.17 Å². The van der Waals surface area contributed by atoms with Crippen LogP contribution in [0.1, 0.15) is 23.6 Å². The molecule has 3 heteroatoms. The Hall–Kier alpha value is -2.78. The van der Waals surface area contributed by atoms with E-state index in [1.165, 1.54) is 16.8 Å². The van der Waals surface area contributed by atoms with Gasteiger partial charge >= 0.3 is 0 Å². The van der Waals surface area contributed by atoms with Crippen LogP contribution in [0.5, 0.6) is 0 Å². The van der Waals surface area contributed by atoms with E-state index in [-0.39, 0.29) is 0 Å². The van der Waals surface area contributed by atoms with Crippen molar-refractivity contribution in [1.29, 1.82) is 0 Å². The molecule has 0 aliphatic carbocycles. The Morgan fingerprint density at radius 3 is 2.12 bits per heavy atom. The first kappa shape index (κ1) is 15.7. The fraction of sp³-hybridized carbons (Fsp3) is 0.182. The lowest BCUT2D eigenvalue weighted by atomic mass is 9.90. The van der Waals surface area contributed by atoms with Gasteiger partial charge in [-0.1, -0.05) is 60.7 Å². The van der Waals surface area contributed by atoms with Crippen molar-refractivity contribution in [1.82, 2.24) is 0 Å². The third kappa shape index (κ3) is 3.24. The predicted octanol–water partition coefficient (Wildman–Crippen LogP) is 4.53. The van der Waals surface area contributed by atoms with Gasteiger partial charge in [0.25, 0.3) is 0 Å². The molecular weight excluding hydrogens is 306 g/mol. The summed E-state index contributed by atoms with van der Waals surface area (Å²) >= 11 is 0. The van der Waals surface area contributed by atoms with Crippen LogP contribution in [0, 0.1) is 0 Å². The van der Waals surface area contributed by atoms with Crippen LogP contribution >= 0.6 is 0 Å². The number of hydrogen-bond acceptors (Lipinski definition) is 3. The molecule has 25 heavy (non-hydrogen) atoms. The molecule has 3 nitrogen and oxygen atoms in total. The van der Waals surface area contributed by atoms with Crippen molar-refractivity contribution >= 4 is 11.4 Å². The summed E-state index contributed by atoms with van der Waals surface area (Å²) in [7, 11) is 0. The van der Waals surface area contributed by atoms with Gasteiger partial charge < -0.3 is 16.0 Å². The Morgan fingerprint density at radius 2 is 1.48 bits per heavy atom. The summed E-state index contributed by atoms with van der Waals surface area (Å²) in [6.45, 7) is 0.589. The third-order valence-electron chi connectivity index (χ3n) is 4.88. The Bertz CT molecular complexity index is 800. The molecule has 0 radical (unpaired) electrons. The SMILES string of the molecule is NCc1ccc(C2CC(Nc3ccccc3)N2c2ccccc2)cc1. The lowest BCUT2D eigenvalue weighted by molar-refractivity contribution is 0.375. The summed E-state index contributed by atoms with van der Waals surface area (Å²) in [5.41, 5.74) is 10.6. The zero-order valence-electron chi connectivity index (χ0n) is 14.2. The highest BCUT2D eigenvalue weighted by Crippen LogP contribution is 2.42. The van der Waals surface area contributed by atoms with Crippen molar-refractivity contribution in [2.75, 3.05) is 10.2 Å². The van der Waals surface area contributed by atoms with Gasteiger partial charge in [0.2, 0.25) is 0 Å². The van der Waals surface area contributed by atoms with Gasteiger partial charge in [-0.15, -0.1) is 0 Å². The van der Waals surface area contributed by atoms with Gasteiger partial charge in [-0.25, -0.2) is 0 Å². The van der Waals surface area contributed by atoms with Crippen molar-refractivity contribution in [2.45, 2.75) is 25.2 Å². The number of anilines is 2. The molecule has 0 bridgehead atoms. The van der Waals surface area contributed by atoms with Crippen molar-refractivity contribution in [2.24, 2.45) is 5.73 Å². The molecule has 2 unspecified atom stereocenters. The summed E-state index contributed by atoms with van der Waals surface area (Å²) < 4.78 is 0. The zero-order chi connectivity index (χ0) is 17.1. The normalized spacial score (nSPS) is 19.3. The van der Waals surface area contributed by atoms with E-state index in [1.807, 2.05) is 6.07 Å². The second-order valence-electron chi connectivity index (χ2n) is 6.47. The van der Waals surface area contributed by atoms with E-state index in [4.69, 9.17) is 5.73 Å². The summed E-state index contributed by atoms with van der Waals surface area (Å²) in [5, 5.41) is 3.66. The van der Waals surface area contributed by atoms with E-state index < -0.39 is 0 Å². The molecule has 3 N–H and O–H groups in total. The molecule has 1 aliphatic rings. The van der Waals surface area contributed by atoms with Gasteiger partial charge in [-0.2, -0.15) is 0 Å². The molecule has 1 saturated heterocycles. The topological polar surface area (TPSA) is 41.3 Å². The number of para-hydroxylation sites is 2. The average molecular weight is 329 g/mol. The van der Waals surface area contributed by atoms with Gasteiger partial charge in [-0.05, 0) is 35.4 Å². The largest absolute Gasteiger partial charge is 0.365 e. The molecule has 3 aromatic carbocycles. The van der Waals surface area contributed by atoms with Crippen molar-refractivity contribution in [3.63, 3.8) is 0 Å². The van der Waals surface area contributed by atoms with E-state index in [0.717, 1.165) is 12.1 Å². The third-order valence-corrected chi connectivity index (χ3v) is 4.88. The number of nitrogens with one attached hydrogen (secondary N) is 1. The summed E-state index contributed by atoms with van der Waals surface area (Å²) in [5.74, 6) is 0. The zero-order valence-corrected chi connectivity index (χ0v) is 14.2. The standard InChI is InChI=1S/C22H23N3/c23-16-17-11-13-18(14-12-17)21-15-22(24-19-7-3-1-4-8-19)25(21)20-9-5-2-6-10-20/h1-14,21-22,24H,15-16,23H2. The summed E-state index contributed by atoms with van der Waals surface area (Å²) in [6.07, 6.45) is 1.37. The minimum Gasteiger partial charge on any atom is -0.365 e. The van der Waals surface area contributed by atoms with E-state index in [9.17, 15) is 0 Å². The van der Waals surface area contributed by atoms with Crippen LogP contribution in [0.15, 0.2) is 84.9 Å². The van der Waals surface area contributed by atoms with Crippen molar-refractivity contribution in [3.05, 3.63) is 96.1 Å². The maximum Gasteiger partial charge on any atom is 0.102 e. The fourth-order valence-electron chi connectivity index (χ4n) is 3.51. The first-order valence-electron chi connectivity index (χ1n) is 8.79. The Morgan fingerprint density at radius 1 is 0.840 bits per heavy atom. The van der Waals surface area contributed by atoms with Gasteiger partial charge in [0, 0.05) is 24.3 Å². The van der Waals surface area contributed by atoms with E-state index >= 15 is 0 Å². The monoisotopic (exact) mass is 329 g/mol. The van der Waals surface area contributed by atoms with Gasteiger partial charge in [0.15, 0.2) is 0 Å². The molecular formula is C22H23N3. The minimum atomic E-state index is 0.295. The highest BCUT2D eigenvalue weighted by molar-refractivity contribution is 5.57. The molecule has 0 aromatic heterocycles. The quantitative estimate of drug-likeness (QED) is 0.722. The molecule has 1 heterocycles. The second kappa shape index (κ2) is 6.99. The number of hydrogen-bond donors (Lipinski definition) is 2. The lowest BCUT2D eigenvalue weighted by Crippen LogP contribution is -2.54. The van der Waals surface area contributed by atoms with Crippen LogP contribution in [-0.2, 0) is 6.54 Å². The molecule has 0 spiro atoms. The Labute approximate surface area is 149 Å². The molecule has 1 fully saturated rings. The first-order chi connectivity index (χ1) is 12.3. The van der Waals surface area contributed by atoms with Gasteiger partial charge in [0.1, 0.15) is 6.17 Å². The van der Waals surface area contributed by atoms with Crippen molar-refractivity contribution < 1.29 is 0 Å². The van der Waals surface area contributed by atoms with Gasteiger partial charge in [0.05, 0.1) is 6.04 Å². The summed E-state index contributed by atoms with van der Waals surface area (Å²) in [6, 6.07) is 30.1. The maximum atomic E-state index is 5.73. The van der Waals surface area contributed by atoms with E-state index in [1.54, 1.807) is 0 Å². The Kier molecular flexibility index (Phi) is 4.40. The number of rotatable bonds is 5. The predicted molar refractivity (Wildman–Crippen MR) is 104 cm³/mol. The molecule has 1 aliphatic heterocycles. The molecule has 3 aromatic rings. The van der Waals surface area contributed by atoms with E-state index in [0.29, 0.717) is 18.8 Å². The maximum absolute atomic E-state index is 5.73. The fourth-order valence-corrected chi connectivity index (χ4v) is 3.51. The van der Waals surface area contributed by atoms with Crippen LogP contribution in [0.4, 0.5) is 11.4 Å². The van der Waals surface area contributed by atoms with Crippen molar-refractivity contribution in [3.8, 4) is 0 Å². The Balaban J connectivity index is 1.59. The van der Waals surface area contributed by atoms with E-state index in [2.05, 4.69) is 89.1 Å². The molecule has 2 atom stereocenters. The molecule has 0 saturated carbocycles. The average Bonchev–Trinajstić information content (AvgIpc) is 2.67. The molecule has 4 rings (SSSR count). The second-order valence-corrected chi connectivity index (χ2v) is 6.47. The highest BCUT2D eigenvalue weighted by atomic mass is 15.3. The minimum absolute atomic E-state index is 0.295. The number of benzene rings is 3. The van der Waals surface area contributed by atoms with Crippen LogP contribution in [0.2, 0.25) is 0 Å². The smallest absolute Gasteiger partial charge is 0.102 e. The lowest BCUT2D eigenvalue weighted by Gasteiger charge is -2.51. The van der Waals surface area contributed by atoms with Gasteiger partial charge in [-0.3, -0.25) is 0 Å². The van der Waals surface area contributed by atoms with Crippen LogP contribution in [0.3, 0.4) is 0 Å². The molecule has 126 valence electrons.